The first kappa shape index (κ1) is 43.6. The van der Waals surface area contributed by atoms with Gasteiger partial charge in [0.2, 0.25) is 5.88 Å². The van der Waals surface area contributed by atoms with E-state index in [1.165, 1.54) is 83.5 Å². The Morgan fingerprint density at radius 1 is 0.660 bits per heavy atom. The summed E-state index contributed by atoms with van der Waals surface area (Å²) >= 11 is 0. The van der Waals surface area contributed by atoms with Crippen molar-refractivity contribution >= 4 is 11.6 Å². The van der Waals surface area contributed by atoms with E-state index in [0.29, 0.717) is 12.2 Å². The van der Waals surface area contributed by atoms with Crippen LogP contribution in [0.15, 0.2) is 47.9 Å². The van der Waals surface area contributed by atoms with Crippen LogP contribution >= 0.6 is 0 Å². The number of amides is 1. The number of carbonyl (C=O) groups is 1. The normalized spacial score (nSPS) is 15.7. The number of benzene rings is 1. The molecule has 4 N–H and O–H groups in total. The van der Waals surface area contributed by atoms with Crippen molar-refractivity contribution < 1.29 is 30.1 Å². The minimum absolute atomic E-state index is 0.129. The van der Waals surface area contributed by atoms with Crippen LogP contribution in [0.3, 0.4) is 0 Å². The number of aliphatic hydroxyl groups excluding tert-OH is 4. The Bertz CT molecular complexity index is 1090. The molecule has 0 aromatic heterocycles. The maximum absolute atomic E-state index is 14.4. The predicted molar refractivity (Wildman–Crippen MR) is 204 cm³/mol. The molecule has 2 rings (SSSR count). The van der Waals surface area contributed by atoms with E-state index in [2.05, 4.69) is 6.92 Å². The molecular formula is C41H71N3O6. The van der Waals surface area contributed by atoms with Crippen LogP contribution in [0.2, 0.25) is 0 Å². The van der Waals surface area contributed by atoms with Crippen molar-refractivity contribution in [3.63, 3.8) is 0 Å². The lowest BCUT2D eigenvalue weighted by Gasteiger charge is -2.39. The van der Waals surface area contributed by atoms with E-state index in [-0.39, 0.29) is 43.5 Å². The zero-order valence-electron chi connectivity index (χ0n) is 32.1. The van der Waals surface area contributed by atoms with Gasteiger partial charge in [-0.1, -0.05) is 134 Å². The van der Waals surface area contributed by atoms with Gasteiger partial charge in [-0.2, -0.15) is 0 Å². The summed E-state index contributed by atoms with van der Waals surface area (Å²) in [5.74, 6) is -0.0760. The SMILES string of the molecule is CCCCCCCCCCCCCCCCCCN(CC(C)O)C(=O)C1=C(N(CC(C)O)CC(C)O)ON(CC(C)O)C(c2ccccc2)=C1. The molecule has 286 valence electrons. The van der Waals surface area contributed by atoms with Crippen molar-refractivity contribution in [1.82, 2.24) is 14.9 Å². The number of β-amino-alcohol motifs (C(OH)–C–C–N with tert-alkyl or cyclic N) is 1. The lowest BCUT2D eigenvalue weighted by Crippen LogP contribution is -2.45. The fourth-order valence-corrected chi connectivity index (χ4v) is 6.56. The van der Waals surface area contributed by atoms with E-state index in [1.807, 2.05) is 30.3 Å². The predicted octanol–water partition coefficient (Wildman–Crippen LogP) is 7.40. The molecule has 1 aromatic carbocycles. The van der Waals surface area contributed by atoms with Crippen LogP contribution in [-0.2, 0) is 9.63 Å². The monoisotopic (exact) mass is 702 g/mol. The van der Waals surface area contributed by atoms with Gasteiger partial charge in [-0.05, 0) is 40.2 Å². The van der Waals surface area contributed by atoms with Crippen LogP contribution in [0.1, 0.15) is 143 Å². The summed E-state index contributed by atoms with van der Waals surface area (Å²) < 4.78 is 0. The Morgan fingerprint density at radius 3 is 1.56 bits per heavy atom. The van der Waals surface area contributed by atoms with Gasteiger partial charge in [-0.15, -0.1) is 0 Å². The molecule has 1 aliphatic rings. The molecule has 0 aliphatic carbocycles. The van der Waals surface area contributed by atoms with Crippen molar-refractivity contribution in [3.8, 4) is 0 Å². The second-order valence-corrected chi connectivity index (χ2v) is 14.6. The van der Waals surface area contributed by atoms with Gasteiger partial charge in [0.1, 0.15) is 5.57 Å². The molecule has 0 spiro atoms. The van der Waals surface area contributed by atoms with Crippen LogP contribution in [0.4, 0.5) is 0 Å². The minimum atomic E-state index is -0.760. The van der Waals surface area contributed by atoms with Crippen LogP contribution in [-0.4, -0.2) is 98.3 Å². The molecule has 50 heavy (non-hydrogen) atoms. The maximum Gasteiger partial charge on any atom is 0.259 e. The summed E-state index contributed by atoms with van der Waals surface area (Å²) in [5.41, 5.74) is 1.71. The Kier molecular flexibility index (Phi) is 22.1. The number of nitrogens with zero attached hydrogens (tertiary/aromatic N) is 3. The van der Waals surface area contributed by atoms with Crippen molar-refractivity contribution in [2.24, 2.45) is 0 Å². The summed E-state index contributed by atoms with van der Waals surface area (Å²) in [7, 11) is 0. The first-order valence-electron chi connectivity index (χ1n) is 19.8. The number of hydrogen-bond donors (Lipinski definition) is 4. The highest BCUT2D eigenvalue weighted by Gasteiger charge is 2.34. The van der Waals surface area contributed by atoms with Crippen molar-refractivity contribution in [3.05, 3.63) is 53.4 Å². The zero-order valence-corrected chi connectivity index (χ0v) is 32.1. The van der Waals surface area contributed by atoms with Crippen molar-refractivity contribution in [2.45, 2.75) is 162 Å². The average molecular weight is 702 g/mol. The number of rotatable bonds is 28. The largest absolute Gasteiger partial charge is 0.392 e. The van der Waals surface area contributed by atoms with Crippen LogP contribution < -0.4 is 0 Å². The fraction of sp³-hybridized carbons (Fsp3) is 0.732. The van der Waals surface area contributed by atoms with Gasteiger partial charge in [-0.3, -0.25) is 4.79 Å². The van der Waals surface area contributed by atoms with E-state index in [4.69, 9.17) is 4.84 Å². The molecule has 0 fully saturated rings. The van der Waals surface area contributed by atoms with Gasteiger partial charge in [0.05, 0.1) is 36.7 Å². The van der Waals surface area contributed by atoms with Crippen LogP contribution in [0.25, 0.3) is 5.70 Å². The second-order valence-electron chi connectivity index (χ2n) is 14.6. The first-order valence-corrected chi connectivity index (χ1v) is 19.8. The topological polar surface area (TPSA) is 117 Å². The molecule has 9 nitrogen and oxygen atoms in total. The molecule has 1 amide bonds. The van der Waals surface area contributed by atoms with E-state index >= 15 is 0 Å². The quantitative estimate of drug-likeness (QED) is 0.0668. The van der Waals surface area contributed by atoms with E-state index < -0.39 is 24.4 Å². The Hall–Kier alpha value is -2.59. The van der Waals surface area contributed by atoms with Gasteiger partial charge >= 0.3 is 0 Å². The number of hydroxylamine groups is 2. The fourth-order valence-electron chi connectivity index (χ4n) is 6.56. The third-order valence-electron chi connectivity index (χ3n) is 9.02. The second kappa shape index (κ2) is 25.4. The van der Waals surface area contributed by atoms with Gasteiger partial charge in [0.25, 0.3) is 5.91 Å². The maximum atomic E-state index is 14.4. The molecule has 0 bridgehead atoms. The number of unbranched alkanes of at least 4 members (excludes halogenated alkanes) is 15. The van der Waals surface area contributed by atoms with Crippen molar-refractivity contribution in [1.29, 1.82) is 0 Å². The highest BCUT2D eigenvalue weighted by atomic mass is 16.7. The van der Waals surface area contributed by atoms with Crippen LogP contribution in [0, 0.1) is 0 Å². The third kappa shape index (κ3) is 17.6. The molecular weight excluding hydrogens is 630 g/mol. The van der Waals surface area contributed by atoms with Gasteiger partial charge in [-0.25, -0.2) is 5.06 Å². The molecule has 9 heteroatoms. The van der Waals surface area contributed by atoms with Gasteiger partial charge in [0.15, 0.2) is 0 Å². The molecule has 4 unspecified atom stereocenters. The summed E-state index contributed by atoms with van der Waals surface area (Å²) in [5, 5.41) is 43.1. The summed E-state index contributed by atoms with van der Waals surface area (Å²) in [4.78, 5) is 24.2. The number of aliphatic hydroxyl groups is 4. The van der Waals surface area contributed by atoms with Crippen LogP contribution in [0.5, 0.6) is 0 Å². The van der Waals surface area contributed by atoms with E-state index in [9.17, 15) is 25.2 Å². The molecule has 0 saturated heterocycles. The standard InChI is InChI=1S/C41H71N3O6/c1-6-7-8-9-10-11-12-13-14-15-16-17-18-19-20-24-27-42(29-33(2)45)40(49)38-28-39(37-25-22-21-23-26-37)44(32-36(5)48)50-41(38)43(30-34(3)46)31-35(4)47/h21-23,25-26,28,33-36,45-48H,6-20,24,27,29-32H2,1-5H3. The summed E-state index contributed by atoms with van der Waals surface area (Å²) in [6.45, 7) is 9.98. The average Bonchev–Trinajstić information content (AvgIpc) is 3.06. The summed E-state index contributed by atoms with van der Waals surface area (Å²) in [6.07, 6.45) is 19.2. The molecule has 1 aromatic rings. The Labute approximate surface area is 304 Å². The number of hydrogen-bond acceptors (Lipinski definition) is 8. The lowest BCUT2D eigenvalue weighted by molar-refractivity contribution is -0.135. The number of carbonyl (C=O) groups excluding carboxylic acids is 1. The van der Waals surface area contributed by atoms with Crippen molar-refractivity contribution in [2.75, 3.05) is 32.7 Å². The van der Waals surface area contributed by atoms with Gasteiger partial charge < -0.3 is 35.1 Å². The minimum Gasteiger partial charge on any atom is -0.392 e. The first-order chi connectivity index (χ1) is 24.0. The van der Waals surface area contributed by atoms with E-state index in [0.717, 1.165) is 24.8 Å². The third-order valence-corrected chi connectivity index (χ3v) is 9.02. The highest BCUT2D eigenvalue weighted by Crippen LogP contribution is 2.32. The Morgan fingerprint density at radius 2 is 1.12 bits per heavy atom. The Balaban J connectivity index is 2.09. The molecule has 0 saturated carbocycles. The molecule has 4 atom stereocenters. The molecule has 1 heterocycles. The van der Waals surface area contributed by atoms with E-state index in [1.54, 1.807) is 48.6 Å². The molecule has 0 radical (unpaired) electrons. The zero-order chi connectivity index (χ0) is 36.7. The smallest absolute Gasteiger partial charge is 0.259 e. The highest BCUT2D eigenvalue weighted by molar-refractivity contribution is 5.99. The molecule has 1 aliphatic heterocycles. The lowest BCUT2D eigenvalue weighted by atomic mass is 10.0. The van der Waals surface area contributed by atoms with Gasteiger partial charge in [0, 0.05) is 31.7 Å². The summed E-state index contributed by atoms with van der Waals surface area (Å²) in [6, 6.07) is 9.56.